The fourth-order valence-corrected chi connectivity index (χ4v) is 4.21. The number of aromatic nitrogens is 2. The molecule has 12 heteroatoms. The highest BCUT2D eigenvalue weighted by atomic mass is 19.4. The summed E-state index contributed by atoms with van der Waals surface area (Å²) in [7, 11) is 0. The molecule has 33 heavy (non-hydrogen) atoms. The Kier molecular flexibility index (Phi) is 8.46. The van der Waals surface area contributed by atoms with Gasteiger partial charge in [-0.05, 0) is 32.4 Å². The second-order valence-corrected chi connectivity index (χ2v) is 8.54. The molecule has 2 fully saturated rings. The molecule has 3 rings (SSSR count). The zero-order valence-electron chi connectivity index (χ0n) is 18.8. The number of aliphatic imine (C=N–C) groups is 1. The minimum Gasteiger partial charge on any atom is -0.475 e. The third-order valence-corrected chi connectivity index (χ3v) is 6.04. The molecule has 1 aliphatic heterocycles. The van der Waals surface area contributed by atoms with Crippen LogP contribution in [0, 0.1) is 5.92 Å². The van der Waals surface area contributed by atoms with E-state index >= 15 is 0 Å². The molecule has 184 valence electrons. The predicted octanol–water partition coefficient (Wildman–Crippen LogP) is 3.55. The highest BCUT2D eigenvalue weighted by molar-refractivity contribution is 5.87. The van der Waals surface area contributed by atoms with Crippen molar-refractivity contribution in [1.29, 1.82) is 0 Å². The normalized spacial score (nSPS) is 19.2. The van der Waals surface area contributed by atoms with E-state index in [0.717, 1.165) is 32.6 Å². The number of carboxylic acid groups (broad SMARTS) is 1. The summed E-state index contributed by atoms with van der Waals surface area (Å²) < 4.78 is 45.5. The van der Waals surface area contributed by atoms with Crippen LogP contribution in [0.4, 0.5) is 30.5 Å². The number of carboxylic acids is 1. The van der Waals surface area contributed by atoms with Gasteiger partial charge in [0, 0.05) is 19.6 Å². The quantitative estimate of drug-likeness (QED) is 0.526. The van der Waals surface area contributed by atoms with E-state index in [9.17, 15) is 23.1 Å². The Balaban J connectivity index is 2.03. The summed E-state index contributed by atoms with van der Waals surface area (Å²) in [5.74, 6) is -2.00. The lowest BCUT2D eigenvalue weighted by Gasteiger charge is -2.38. The number of hydrogen-bond donors (Lipinski definition) is 2. The van der Waals surface area contributed by atoms with E-state index in [0.29, 0.717) is 45.4 Å². The zero-order valence-corrected chi connectivity index (χ0v) is 18.8. The molecule has 2 aliphatic rings. The van der Waals surface area contributed by atoms with E-state index in [4.69, 9.17) is 4.74 Å². The molecule has 0 bridgehead atoms. The molecule has 1 saturated carbocycles. The largest absolute Gasteiger partial charge is 0.475 e. The second kappa shape index (κ2) is 11.1. The summed E-state index contributed by atoms with van der Waals surface area (Å²) in [6, 6.07) is -1.95. The topological polar surface area (TPSA) is 103 Å². The molecule has 1 aromatic heterocycles. The number of hydrogen-bond acceptors (Lipinski definition) is 8. The van der Waals surface area contributed by atoms with Crippen LogP contribution in [0.5, 0.6) is 0 Å². The summed E-state index contributed by atoms with van der Waals surface area (Å²) in [5, 5.41) is 11.8. The minimum atomic E-state index is -4.55. The SMILES string of the molecule is C=Nc1nc(C(=O)O)nc(N[C@H](C)C(F)(F)F)c1N(CC1CCCCC1)CN1CCOCC1. The first-order valence-electron chi connectivity index (χ1n) is 11.2. The summed E-state index contributed by atoms with van der Waals surface area (Å²) in [6.07, 6.45) is 0.872. The number of morpholine rings is 1. The van der Waals surface area contributed by atoms with Crippen molar-refractivity contribution in [1.82, 2.24) is 14.9 Å². The first-order chi connectivity index (χ1) is 15.7. The summed E-state index contributed by atoms with van der Waals surface area (Å²) in [4.78, 5) is 27.4. The predicted molar refractivity (Wildman–Crippen MR) is 119 cm³/mol. The summed E-state index contributed by atoms with van der Waals surface area (Å²) in [5.41, 5.74) is 0.239. The summed E-state index contributed by atoms with van der Waals surface area (Å²) in [6.45, 7) is 7.91. The lowest BCUT2D eigenvalue weighted by Crippen LogP contribution is -2.46. The van der Waals surface area contributed by atoms with Crippen LogP contribution in [0.15, 0.2) is 4.99 Å². The number of ether oxygens (including phenoxy) is 1. The lowest BCUT2D eigenvalue weighted by atomic mass is 9.89. The Morgan fingerprint density at radius 3 is 2.55 bits per heavy atom. The molecule has 9 nitrogen and oxygen atoms in total. The highest BCUT2D eigenvalue weighted by Gasteiger charge is 2.38. The van der Waals surface area contributed by atoms with E-state index in [1.54, 1.807) is 0 Å². The molecular formula is C21H31F3N6O3. The number of carbonyl (C=O) groups is 1. The monoisotopic (exact) mass is 472 g/mol. The zero-order chi connectivity index (χ0) is 24.0. The summed E-state index contributed by atoms with van der Waals surface area (Å²) >= 11 is 0. The van der Waals surface area contributed by atoms with Crippen molar-refractivity contribution < 1.29 is 27.8 Å². The van der Waals surface area contributed by atoms with Gasteiger partial charge in [-0.25, -0.2) is 19.8 Å². The minimum absolute atomic E-state index is 0.0525. The van der Waals surface area contributed by atoms with E-state index in [1.807, 2.05) is 4.90 Å². The average Bonchev–Trinajstić information content (AvgIpc) is 2.78. The average molecular weight is 473 g/mol. The van der Waals surface area contributed by atoms with Gasteiger partial charge in [0.1, 0.15) is 11.7 Å². The molecular weight excluding hydrogens is 441 g/mol. The third kappa shape index (κ3) is 6.76. The number of rotatable bonds is 9. The number of alkyl halides is 3. The maximum atomic E-state index is 13.4. The number of anilines is 2. The van der Waals surface area contributed by atoms with Crippen LogP contribution < -0.4 is 10.2 Å². The second-order valence-electron chi connectivity index (χ2n) is 8.54. The van der Waals surface area contributed by atoms with E-state index < -0.39 is 24.0 Å². The van der Waals surface area contributed by atoms with Crippen LogP contribution in [-0.4, -0.2) is 84.4 Å². The molecule has 1 atom stereocenters. The fraction of sp³-hybridized carbons (Fsp3) is 0.714. The van der Waals surface area contributed by atoms with Gasteiger partial charge in [-0.1, -0.05) is 19.3 Å². The number of halogens is 3. The van der Waals surface area contributed by atoms with Crippen molar-refractivity contribution in [3.05, 3.63) is 5.82 Å². The maximum Gasteiger partial charge on any atom is 0.408 e. The van der Waals surface area contributed by atoms with Crippen molar-refractivity contribution >= 4 is 30.0 Å². The third-order valence-electron chi connectivity index (χ3n) is 6.04. The van der Waals surface area contributed by atoms with Gasteiger partial charge >= 0.3 is 12.1 Å². The van der Waals surface area contributed by atoms with Crippen LogP contribution in [0.25, 0.3) is 0 Å². The Morgan fingerprint density at radius 1 is 1.30 bits per heavy atom. The van der Waals surface area contributed by atoms with Gasteiger partial charge in [-0.2, -0.15) is 13.2 Å². The molecule has 0 spiro atoms. The standard InChI is InChI=1S/C21H31F3N6O3/c1-14(21(22,23)24)26-18-16(17(25-2)27-19(28-18)20(31)32)30(12-15-6-4-3-5-7-15)13-29-8-10-33-11-9-29/h14-15H,2-13H2,1H3,(H,31,32)(H,26,27,28)/t14-/m1/s1. The van der Waals surface area contributed by atoms with E-state index in [1.165, 1.54) is 6.42 Å². The Morgan fingerprint density at radius 2 is 1.97 bits per heavy atom. The molecule has 2 N–H and O–H groups in total. The van der Waals surface area contributed by atoms with Gasteiger partial charge in [0.05, 0.1) is 19.9 Å². The van der Waals surface area contributed by atoms with Gasteiger partial charge in [0.2, 0.25) is 5.82 Å². The molecule has 1 aromatic rings. The first-order valence-corrected chi connectivity index (χ1v) is 11.2. The molecule has 1 saturated heterocycles. The number of aromatic carboxylic acids is 1. The van der Waals surface area contributed by atoms with Gasteiger partial charge in [-0.15, -0.1) is 0 Å². The fourth-order valence-electron chi connectivity index (χ4n) is 4.21. The molecule has 0 radical (unpaired) electrons. The van der Waals surface area contributed by atoms with Crippen LogP contribution in [0.3, 0.4) is 0 Å². The van der Waals surface area contributed by atoms with Gasteiger partial charge in [0.25, 0.3) is 0 Å². The lowest BCUT2D eigenvalue weighted by molar-refractivity contribution is -0.138. The number of nitrogens with zero attached hydrogens (tertiary/aromatic N) is 5. The van der Waals surface area contributed by atoms with Crippen molar-refractivity contribution in [3.8, 4) is 0 Å². The first kappa shape index (κ1) is 25.2. The van der Waals surface area contributed by atoms with Gasteiger partial charge in [0.15, 0.2) is 11.6 Å². The highest BCUT2D eigenvalue weighted by Crippen LogP contribution is 2.37. The Bertz CT molecular complexity index is 806. The number of nitrogens with one attached hydrogen (secondary N) is 1. The maximum absolute atomic E-state index is 13.4. The van der Waals surface area contributed by atoms with Gasteiger partial charge in [-0.3, -0.25) is 4.90 Å². The molecule has 2 heterocycles. The van der Waals surface area contributed by atoms with E-state index in [2.05, 4.69) is 31.9 Å². The Labute approximate surface area is 191 Å². The molecule has 1 aliphatic carbocycles. The van der Waals surface area contributed by atoms with Gasteiger partial charge < -0.3 is 20.1 Å². The van der Waals surface area contributed by atoms with Crippen molar-refractivity contribution in [2.75, 3.05) is 49.7 Å². The van der Waals surface area contributed by atoms with Crippen LogP contribution in [-0.2, 0) is 4.74 Å². The Hall–Kier alpha value is -2.47. The van der Waals surface area contributed by atoms with Crippen molar-refractivity contribution in [3.63, 3.8) is 0 Å². The van der Waals surface area contributed by atoms with Crippen molar-refractivity contribution in [2.45, 2.75) is 51.2 Å². The molecule has 0 aromatic carbocycles. The molecule has 0 unspecified atom stereocenters. The van der Waals surface area contributed by atoms with E-state index in [-0.39, 0.29) is 17.3 Å². The smallest absolute Gasteiger partial charge is 0.408 e. The van der Waals surface area contributed by atoms with Crippen LogP contribution in [0.1, 0.15) is 49.6 Å². The van der Waals surface area contributed by atoms with Crippen molar-refractivity contribution in [2.24, 2.45) is 10.9 Å². The van der Waals surface area contributed by atoms with Crippen LogP contribution in [0.2, 0.25) is 0 Å². The molecule has 0 amide bonds. The van der Waals surface area contributed by atoms with Crippen LogP contribution >= 0.6 is 0 Å².